The van der Waals surface area contributed by atoms with Crippen LogP contribution in [0.1, 0.15) is 37.0 Å². The average Bonchev–Trinajstić information content (AvgIpc) is 2.54. The summed E-state index contributed by atoms with van der Waals surface area (Å²) in [5.41, 5.74) is 0.673. The number of likely N-dealkylation sites (tertiary alicyclic amines) is 1. The molecule has 0 aliphatic carbocycles. The molecule has 1 fully saturated rings. The lowest BCUT2D eigenvalue weighted by atomic mass is 9.97. The molecule has 4 nitrogen and oxygen atoms in total. The molecule has 0 radical (unpaired) electrons. The van der Waals surface area contributed by atoms with Gasteiger partial charge in [-0.3, -0.25) is 9.69 Å². The van der Waals surface area contributed by atoms with Crippen molar-refractivity contribution in [3.63, 3.8) is 0 Å². The number of nitrogens with zero attached hydrogens (tertiary/aromatic N) is 1. The number of carbonyl (C=O) groups is 1. The molecule has 1 heterocycles. The van der Waals surface area contributed by atoms with Crippen LogP contribution in [0.4, 0.5) is 0 Å². The van der Waals surface area contributed by atoms with Crippen molar-refractivity contribution in [3.8, 4) is 5.75 Å². The maximum atomic E-state index is 11.6. The topological polar surface area (TPSA) is 41.6 Å². The number of rotatable bonds is 8. The van der Waals surface area contributed by atoms with Crippen LogP contribution in [0, 0.1) is 5.92 Å². The quantitative estimate of drug-likeness (QED) is 0.750. The minimum absolute atomic E-state index is 0.0554. The maximum absolute atomic E-state index is 11.6. The number of Topliss-reactive ketones (excluding diaryl/α,β-unsaturated/α-hetero) is 1. The van der Waals surface area contributed by atoms with Crippen molar-refractivity contribution >= 4 is 5.78 Å². The first-order chi connectivity index (χ1) is 10.7. The van der Waals surface area contributed by atoms with Crippen molar-refractivity contribution in [1.82, 2.24) is 10.2 Å². The van der Waals surface area contributed by atoms with Crippen LogP contribution in [0.15, 0.2) is 24.3 Å². The molecule has 1 aliphatic heterocycles. The molecule has 0 amide bonds. The van der Waals surface area contributed by atoms with Crippen molar-refractivity contribution in [3.05, 3.63) is 29.8 Å². The zero-order valence-corrected chi connectivity index (χ0v) is 13.8. The lowest BCUT2D eigenvalue weighted by molar-refractivity contribution is 0.101. The molecule has 122 valence electrons. The fourth-order valence-electron chi connectivity index (χ4n) is 2.93. The van der Waals surface area contributed by atoms with E-state index in [4.69, 9.17) is 4.74 Å². The molecule has 1 N–H and O–H groups in total. The summed E-state index contributed by atoms with van der Waals surface area (Å²) >= 11 is 0. The second-order valence-electron chi connectivity index (χ2n) is 5.99. The summed E-state index contributed by atoms with van der Waals surface area (Å²) in [6.07, 6.45) is 2.52. The molecular weight excluding hydrogens is 276 g/mol. The molecule has 1 aliphatic rings. The second-order valence-corrected chi connectivity index (χ2v) is 5.99. The van der Waals surface area contributed by atoms with Crippen LogP contribution in [0.2, 0.25) is 0 Å². The molecule has 1 saturated heterocycles. The third-order valence-electron chi connectivity index (χ3n) is 4.32. The van der Waals surface area contributed by atoms with Gasteiger partial charge in [0.1, 0.15) is 12.4 Å². The Bertz CT molecular complexity index is 468. The number of hydrogen-bond donors (Lipinski definition) is 1. The summed E-state index contributed by atoms with van der Waals surface area (Å²) in [6, 6.07) is 7.48. The van der Waals surface area contributed by atoms with Gasteiger partial charge in [-0.25, -0.2) is 0 Å². The van der Waals surface area contributed by atoms with Gasteiger partial charge in [0, 0.05) is 6.54 Å². The molecule has 0 unspecified atom stereocenters. The smallest absolute Gasteiger partial charge is 0.163 e. The monoisotopic (exact) mass is 304 g/mol. The Labute approximate surface area is 133 Å². The molecule has 2 rings (SSSR count). The van der Waals surface area contributed by atoms with Gasteiger partial charge in [-0.2, -0.15) is 0 Å². The number of carbonyl (C=O) groups excluding carboxylic acids is 1. The van der Waals surface area contributed by atoms with Gasteiger partial charge in [0.05, 0.1) is 5.56 Å². The van der Waals surface area contributed by atoms with E-state index < -0.39 is 0 Å². The molecule has 0 aromatic heterocycles. The van der Waals surface area contributed by atoms with Gasteiger partial charge in [-0.15, -0.1) is 0 Å². The van der Waals surface area contributed by atoms with Crippen LogP contribution in [0.25, 0.3) is 0 Å². The maximum Gasteiger partial charge on any atom is 0.163 e. The number of nitrogens with one attached hydrogen (secondary N) is 1. The predicted molar refractivity (Wildman–Crippen MR) is 89.6 cm³/mol. The summed E-state index contributed by atoms with van der Waals surface area (Å²) in [7, 11) is 0. The molecule has 1 aromatic carbocycles. The van der Waals surface area contributed by atoms with Crippen LogP contribution >= 0.6 is 0 Å². The molecule has 4 heteroatoms. The third-order valence-corrected chi connectivity index (χ3v) is 4.32. The highest BCUT2D eigenvalue weighted by molar-refractivity contribution is 5.96. The standard InChI is InChI=1S/C18H28N2O2/c1-3-19-14-16-8-10-20(11-9-16)12-13-22-18-7-5-4-6-17(18)15(2)21/h4-7,16,19H,3,8-14H2,1-2H3. The van der Waals surface area contributed by atoms with E-state index >= 15 is 0 Å². The highest BCUT2D eigenvalue weighted by Gasteiger charge is 2.18. The first-order valence-corrected chi connectivity index (χ1v) is 8.36. The first-order valence-electron chi connectivity index (χ1n) is 8.36. The SMILES string of the molecule is CCNCC1CCN(CCOc2ccccc2C(C)=O)CC1. The highest BCUT2D eigenvalue weighted by atomic mass is 16.5. The Balaban J connectivity index is 1.71. The number of para-hydroxylation sites is 1. The number of piperidine rings is 1. The van der Waals surface area contributed by atoms with Gasteiger partial charge in [0.15, 0.2) is 5.78 Å². The van der Waals surface area contributed by atoms with E-state index in [0.717, 1.165) is 38.6 Å². The molecule has 0 spiro atoms. The number of hydrogen-bond acceptors (Lipinski definition) is 4. The second kappa shape index (κ2) is 8.91. The Morgan fingerprint density at radius 3 is 2.73 bits per heavy atom. The molecular formula is C18H28N2O2. The van der Waals surface area contributed by atoms with E-state index in [0.29, 0.717) is 17.9 Å². The number of benzene rings is 1. The fourth-order valence-corrected chi connectivity index (χ4v) is 2.93. The Hall–Kier alpha value is -1.39. The van der Waals surface area contributed by atoms with Gasteiger partial charge in [-0.1, -0.05) is 19.1 Å². The van der Waals surface area contributed by atoms with Crippen LogP contribution in [-0.2, 0) is 0 Å². The summed E-state index contributed by atoms with van der Waals surface area (Å²) in [6.45, 7) is 9.81. The zero-order valence-electron chi connectivity index (χ0n) is 13.8. The largest absolute Gasteiger partial charge is 0.491 e. The number of ketones is 1. The minimum atomic E-state index is 0.0554. The van der Waals surface area contributed by atoms with E-state index in [1.54, 1.807) is 6.92 Å². The molecule has 0 atom stereocenters. The van der Waals surface area contributed by atoms with Gasteiger partial charge in [0.2, 0.25) is 0 Å². The Morgan fingerprint density at radius 1 is 1.32 bits per heavy atom. The predicted octanol–water partition coefficient (Wildman–Crippen LogP) is 2.59. The van der Waals surface area contributed by atoms with E-state index in [2.05, 4.69) is 17.1 Å². The molecule has 22 heavy (non-hydrogen) atoms. The van der Waals surface area contributed by atoms with Crippen molar-refractivity contribution < 1.29 is 9.53 Å². The highest BCUT2D eigenvalue weighted by Crippen LogP contribution is 2.19. The van der Waals surface area contributed by atoms with Crippen LogP contribution in [-0.4, -0.2) is 50.0 Å². The molecule has 0 bridgehead atoms. The van der Waals surface area contributed by atoms with E-state index in [9.17, 15) is 4.79 Å². The molecule has 1 aromatic rings. The van der Waals surface area contributed by atoms with Crippen LogP contribution < -0.4 is 10.1 Å². The summed E-state index contributed by atoms with van der Waals surface area (Å²) < 4.78 is 5.82. The van der Waals surface area contributed by atoms with Crippen LogP contribution in [0.3, 0.4) is 0 Å². The third kappa shape index (κ3) is 5.11. The Kier molecular flexibility index (Phi) is 6.87. The summed E-state index contributed by atoms with van der Waals surface area (Å²) in [4.78, 5) is 14.0. The normalized spacial score (nSPS) is 16.6. The summed E-state index contributed by atoms with van der Waals surface area (Å²) in [5.74, 6) is 1.58. The first kappa shape index (κ1) is 17.0. The zero-order chi connectivity index (χ0) is 15.8. The van der Waals surface area contributed by atoms with Gasteiger partial charge < -0.3 is 10.1 Å². The Morgan fingerprint density at radius 2 is 2.05 bits per heavy atom. The van der Waals surface area contributed by atoms with E-state index in [1.165, 1.54) is 12.8 Å². The lowest BCUT2D eigenvalue weighted by Crippen LogP contribution is -2.39. The van der Waals surface area contributed by atoms with Crippen LogP contribution in [0.5, 0.6) is 5.75 Å². The average molecular weight is 304 g/mol. The lowest BCUT2D eigenvalue weighted by Gasteiger charge is -2.31. The number of ether oxygens (including phenoxy) is 1. The van der Waals surface area contributed by atoms with Gasteiger partial charge in [-0.05, 0) is 64.0 Å². The molecule has 0 saturated carbocycles. The summed E-state index contributed by atoms with van der Waals surface area (Å²) in [5, 5.41) is 3.44. The van der Waals surface area contributed by atoms with Crippen molar-refractivity contribution in [2.75, 3.05) is 39.3 Å². The van der Waals surface area contributed by atoms with Crippen molar-refractivity contribution in [2.24, 2.45) is 5.92 Å². The van der Waals surface area contributed by atoms with Gasteiger partial charge >= 0.3 is 0 Å². The van der Waals surface area contributed by atoms with Crippen molar-refractivity contribution in [1.29, 1.82) is 0 Å². The van der Waals surface area contributed by atoms with E-state index in [-0.39, 0.29) is 5.78 Å². The van der Waals surface area contributed by atoms with Crippen molar-refractivity contribution in [2.45, 2.75) is 26.7 Å². The van der Waals surface area contributed by atoms with Gasteiger partial charge in [0.25, 0.3) is 0 Å². The minimum Gasteiger partial charge on any atom is -0.491 e. The van der Waals surface area contributed by atoms with E-state index in [1.807, 2.05) is 24.3 Å². The fraction of sp³-hybridized carbons (Fsp3) is 0.611.